The fourth-order valence-corrected chi connectivity index (χ4v) is 2.64. The lowest BCUT2D eigenvalue weighted by atomic mass is 10.2. The molecule has 2 aromatic rings. The van der Waals surface area contributed by atoms with E-state index in [0.717, 1.165) is 37.4 Å². The zero-order valence-corrected chi connectivity index (χ0v) is 11.1. The summed E-state index contributed by atoms with van der Waals surface area (Å²) < 4.78 is 5.09. The topological polar surface area (TPSA) is 55.1 Å². The van der Waals surface area contributed by atoms with E-state index in [1.54, 1.807) is 0 Å². The van der Waals surface area contributed by atoms with Crippen molar-refractivity contribution in [3.63, 3.8) is 0 Å². The highest BCUT2D eigenvalue weighted by Gasteiger charge is 2.29. The van der Waals surface area contributed by atoms with Crippen LogP contribution in [0.4, 0.5) is 0 Å². The van der Waals surface area contributed by atoms with Gasteiger partial charge in [0.15, 0.2) is 5.82 Å². The Labute approximate surface area is 112 Å². The van der Waals surface area contributed by atoms with Crippen LogP contribution in [0.3, 0.4) is 0 Å². The standard InChI is InChI=1S/C14H18N4O/c1-11-16-14(17-19-11)13-6-4-9-18(13)10-7-12-5-2-3-8-15-12/h2-3,5,8,13H,4,6-7,9-10H2,1H3/t13-/m0/s1. The molecule has 1 atom stereocenters. The molecule has 0 aromatic carbocycles. The third-order valence-electron chi connectivity index (χ3n) is 3.59. The summed E-state index contributed by atoms with van der Waals surface area (Å²) in [5.41, 5.74) is 1.14. The smallest absolute Gasteiger partial charge is 0.223 e. The molecule has 0 N–H and O–H groups in total. The normalized spacial score (nSPS) is 19.9. The van der Waals surface area contributed by atoms with E-state index in [4.69, 9.17) is 4.52 Å². The molecule has 5 nitrogen and oxygen atoms in total. The van der Waals surface area contributed by atoms with Crippen molar-refractivity contribution in [1.29, 1.82) is 0 Å². The Morgan fingerprint density at radius 1 is 1.42 bits per heavy atom. The van der Waals surface area contributed by atoms with E-state index < -0.39 is 0 Å². The number of hydrogen-bond acceptors (Lipinski definition) is 5. The molecule has 100 valence electrons. The average molecular weight is 258 g/mol. The van der Waals surface area contributed by atoms with Crippen LogP contribution >= 0.6 is 0 Å². The van der Waals surface area contributed by atoms with Crippen molar-refractivity contribution in [3.05, 3.63) is 41.8 Å². The molecular formula is C14H18N4O. The second-order valence-corrected chi connectivity index (χ2v) is 4.94. The summed E-state index contributed by atoms with van der Waals surface area (Å²) in [6.45, 7) is 3.93. The maximum atomic E-state index is 5.09. The number of likely N-dealkylation sites (tertiary alicyclic amines) is 1. The summed E-state index contributed by atoms with van der Waals surface area (Å²) in [7, 11) is 0. The summed E-state index contributed by atoms with van der Waals surface area (Å²) in [5.74, 6) is 1.47. The zero-order chi connectivity index (χ0) is 13.1. The molecular weight excluding hydrogens is 240 g/mol. The zero-order valence-electron chi connectivity index (χ0n) is 11.1. The average Bonchev–Trinajstić information content (AvgIpc) is 3.06. The lowest BCUT2D eigenvalue weighted by Crippen LogP contribution is -2.26. The molecule has 0 spiro atoms. The van der Waals surface area contributed by atoms with Gasteiger partial charge in [0.05, 0.1) is 6.04 Å². The van der Waals surface area contributed by atoms with Crippen LogP contribution in [0.5, 0.6) is 0 Å². The monoisotopic (exact) mass is 258 g/mol. The molecule has 0 unspecified atom stereocenters. The number of pyridine rings is 1. The Kier molecular flexibility index (Phi) is 3.55. The molecule has 1 aliphatic heterocycles. The van der Waals surface area contributed by atoms with Gasteiger partial charge in [-0.15, -0.1) is 0 Å². The number of nitrogens with zero attached hydrogens (tertiary/aromatic N) is 4. The molecule has 5 heteroatoms. The van der Waals surface area contributed by atoms with Crippen LogP contribution in [-0.4, -0.2) is 33.1 Å². The van der Waals surface area contributed by atoms with Crippen molar-refractivity contribution in [2.45, 2.75) is 32.2 Å². The van der Waals surface area contributed by atoms with E-state index in [9.17, 15) is 0 Å². The summed E-state index contributed by atoms with van der Waals surface area (Å²) in [6.07, 6.45) is 5.12. The first-order valence-corrected chi connectivity index (χ1v) is 6.77. The summed E-state index contributed by atoms with van der Waals surface area (Å²) >= 11 is 0. The number of hydrogen-bond donors (Lipinski definition) is 0. The van der Waals surface area contributed by atoms with Crippen molar-refractivity contribution >= 4 is 0 Å². The van der Waals surface area contributed by atoms with E-state index in [1.165, 1.54) is 6.42 Å². The molecule has 0 bridgehead atoms. The van der Waals surface area contributed by atoms with Crippen LogP contribution in [0.1, 0.15) is 36.3 Å². The molecule has 2 aromatic heterocycles. The van der Waals surface area contributed by atoms with Crippen molar-refractivity contribution in [3.8, 4) is 0 Å². The first kappa shape index (κ1) is 12.3. The van der Waals surface area contributed by atoms with Crippen molar-refractivity contribution < 1.29 is 4.52 Å². The minimum absolute atomic E-state index is 0.307. The third kappa shape index (κ3) is 2.81. The molecule has 3 heterocycles. The molecule has 0 amide bonds. The van der Waals surface area contributed by atoms with Crippen LogP contribution in [0.2, 0.25) is 0 Å². The number of aromatic nitrogens is 3. The molecule has 3 rings (SSSR count). The second kappa shape index (κ2) is 5.48. The Hall–Kier alpha value is -1.75. The van der Waals surface area contributed by atoms with Gasteiger partial charge < -0.3 is 4.52 Å². The fourth-order valence-electron chi connectivity index (χ4n) is 2.64. The van der Waals surface area contributed by atoms with E-state index in [-0.39, 0.29) is 0 Å². The van der Waals surface area contributed by atoms with Gasteiger partial charge in [-0.3, -0.25) is 9.88 Å². The molecule has 1 saturated heterocycles. The quantitative estimate of drug-likeness (QED) is 0.841. The van der Waals surface area contributed by atoms with Crippen molar-refractivity contribution in [2.24, 2.45) is 0 Å². The van der Waals surface area contributed by atoms with Crippen LogP contribution in [0.25, 0.3) is 0 Å². The molecule has 0 aliphatic carbocycles. The van der Waals surface area contributed by atoms with Gasteiger partial charge in [-0.05, 0) is 31.5 Å². The number of aryl methyl sites for hydroxylation is 1. The van der Waals surface area contributed by atoms with Gasteiger partial charge >= 0.3 is 0 Å². The highest BCUT2D eigenvalue weighted by molar-refractivity contribution is 5.05. The van der Waals surface area contributed by atoms with Crippen LogP contribution < -0.4 is 0 Å². The molecule has 0 saturated carbocycles. The predicted octanol–water partition coefficient (Wildman–Crippen LogP) is 2.15. The highest BCUT2D eigenvalue weighted by atomic mass is 16.5. The Morgan fingerprint density at radius 3 is 3.11 bits per heavy atom. The SMILES string of the molecule is Cc1nc([C@@H]2CCCN2CCc2ccccn2)no1. The Morgan fingerprint density at radius 2 is 2.37 bits per heavy atom. The molecule has 1 aliphatic rings. The molecule has 19 heavy (non-hydrogen) atoms. The third-order valence-corrected chi connectivity index (χ3v) is 3.59. The summed E-state index contributed by atoms with van der Waals surface area (Å²) in [5, 5.41) is 4.06. The minimum Gasteiger partial charge on any atom is -0.340 e. The maximum absolute atomic E-state index is 5.09. The van der Waals surface area contributed by atoms with Crippen LogP contribution in [-0.2, 0) is 6.42 Å². The van der Waals surface area contributed by atoms with Gasteiger partial charge in [0, 0.05) is 31.8 Å². The van der Waals surface area contributed by atoms with Crippen LogP contribution in [0.15, 0.2) is 28.9 Å². The summed E-state index contributed by atoms with van der Waals surface area (Å²) in [6, 6.07) is 6.36. The van der Waals surface area contributed by atoms with Gasteiger partial charge in [0.25, 0.3) is 0 Å². The van der Waals surface area contributed by atoms with Gasteiger partial charge in [-0.1, -0.05) is 11.2 Å². The lowest BCUT2D eigenvalue weighted by molar-refractivity contribution is 0.244. The van der Waals surface area contributed by atoms with Crippen molar-refractivity contribution in [1.82, 2.24) is 20.0 Å². The molecule has 0 radical (unpaired) electrons. The summed E-state index contributed by atoms with van der Waals surface area (Å²) in [4.78, 5) is 11.2. The van der Waals surface area contributed by atoms with Gasteiger partial charge in [0.1, 0.15) is 0 Å². The van der Waals surface area contributed by atoms with Gasteiger partial charge in [-0.25, -0.2) is 0 Å². The van der Waals surface area contributed by atoms with Crippen LogP contribution in [0, 0.1) is 6.92 Å². The minimum atomic E-state index is 0.307. The van der Waals surface area contributed by atoms with Crippen molar-refractivity contribution in [2.75, 3.05) is 13.1 Å². The first-order valence-electron chi connectivity index (χ1n) is 6.77. The number of rotatable bonds is 4. The largest absolute Gasteiger partial charge is 0.340 e. The van der Waals surface area contributed by atoms with E-state index >= 15 is 0 Å². The van der Waals surface area contributed by atoms with E-state index in [2.05, 4.69) is 26.1 Å². The van der Waals surface area contributed by atoms with Gasteiger partial charge in [-0.2, -0.15) is 4.98 Å². The van der Waals surface area contributed by atoms with E-state index in [1.807, 2.05) is 25.3 Å². The Balaban J connectivity index is 1.64. The fraction of sp³-hybridized carbons (Fsp3) is 0.500. The molecule has 1 fully saturated rings. The van der Waals surface area contributed by atoms with E-state index in [0.29, 0.717) is 11.9 Å². The Bertz CT molecular complexity index is 525. The van der Waals surface area contributed by atoms with Gasteiger partial charge in [0.2, 0.25) is 5.89 Å². The highest BCUT2D eigenvalue weighted by Crippen LogP contribution is 2.29. The second-order valence-electron chi connectivity index (χ2n) is 4.94. The first-order chi connectivity index (χ1) is 9.33. The predicted molar refractivity (Wildman–Crippen MR) is 70.5 cm³/mol. The maximum Gasteiger partial charge on any atom is 0.223 e. The lowest BCUT2D eigenvalue weighted by Gasteiger charge is -2.21.